The number of primary amides is 1. The molecule has 7 N–H and O–H groups in total. The summed E-state index contributed by atoms with van der Waals surface area (Å²) in [5.74, 6) is -0.546. The predicted molar refractivity (Wildman–Crippen MR) is 59.9 cm³/mol. The number of nitrogens with two attached hydrogens (primary N) is 3. The zero-order valence-electron chi connectivity index (χ0n) is 8.30. The van der Waals surface area contributed by atoms with Gasteiger partial charge in [0, 0.05) is 0 Å². The molecule has 0 saturated carbocycles. The number of nitrogens with one attached hydrogen (secondary N) is 1. The summed E-state index contributed by atoms with van der Waals surface area (Å²) in [7, 11) is -3.77. The molecule has 0 aliphatic rings. The minimum Gasteiger partial charge on any atom is -0.397 e. The normalized spacial score (nSPS) is 11.1. The number of rotatable bonds is 4. The largest absolute Gasteiger partial charge is 0.397 e. The van der Waals surface area contributed by atoms with Gasteiger partial charge >= 0.3 is 0 Å². The lowest BCUT2D eigenvalue weighted by Gasteiger charge is -2.08. The van der Waals surface area contributed by atoms with Gasteiger partial charge in [-0.3, -0.25) is 4.79 Å². The van der Waals surface area contributed by atoms with Crippen molar-refractivity contribution in [3.8, 4) is 0 Å². The van der Waals surface area contributed by atoms with Crippen LogP contribution in [0.1, 0.15) is 0 Å². The molecule has 1 amide bonds. The van der Waals surface area contributed by atoms with Crippen LogP contribution in [0.3, 0.4) is 0 Å². The molecule has 16 heavy (non-hydrogen) atoms. The Bertz CT molecular complexity index is 512. The van der Waals surface area contributed by atoms with Crippen LogP contribution in [0.4, 0.5) is 11.4 Å². The summed E-state index contributed by atoms with van der Waals surface area (Å²) in [5, 5.41) is 7.58. The van der Waals surface area contributed by atoms with Crippen LogP contribution in [0.15, 0.2) is 23.1 Å². The van der Waals surface area contributed by atoms with E-state index in [0.717, 1.165) is 0 Å². The van der Waals surface area contributed by atoms with E-state index >= 15 is 0 Å². The van der Waals surface area contributed by atoms with Crippen LogP contribution < -0.4 is 21.9 Å². The Kier molecular flexibility index (Phi) is 3.35. The van der Waals surface area contributed by atoms with E-state index in [1.165, 1.54) is 18.2 Å². The van der Waals surface area contributed by atoms with Crippen LogP contribution in [0.25, 0.3) is 0 Å². The lowest BCUT2D eigenvalue weighted by molar-refractivity contribution is -0.116. The molecule has 0 aliphatic heterocycles. The maximum absolute atomic E-state index is 11.0. The van der Waals surface area contributed by atoms with Crippen LogP contribution in [-0.4, -0.2) is 20.9 Å². The Morgan fingerprint density at radius 2 is 2.00 bits per heavy atom. The highest BCUT2D eigenvalue weighted by Gasteiger charge is 2.09. The molecule has 0 heterocycles. The summed E-state index contributed by atoms with van der Waals surface area (Å²) in [6, 6.07) is 3.91. The number of sulfonamides is 1. The summed E-state index contributed by atoms with van der Waals surface area (Å²) in [6.07, 6.45) is 0. The Balaban J connectivity index is 2.96. The molecule has 0 bridgehead atoms. The molecule has 0 radical (unpaired) electrons. The Morgan fingerprint density at radius 3 is 2.44 bits per heavy atom. The van der Waals surface area contributed by atoms with E-state index in [-0.39, 0.29) is 17.1 Å². The molecule has 0 fully saturated rings. The van der Waals surface area contributed by atoms with Crippen molar-refractivity contribution in [2.75, 3.05) is 17.6 Å². The molecule has 1 rings (SSSR count). The van der Waals surface area contributed by atoms with E-state index in [1.807, 2.05) is 0 Å². The summed E-state index contributed by atoms with van der Waals surface area (Å²) < 4.78 is 22.0. The minimum absolute atomic E-state index is 0.0844. The SMILES string of the molecule is NC(=O)CNc1ccc(S(N)(=O)=O)cc1N. The highest BCUT2D eigenvalue weighted by molar-refractivity contribution is 7.89. The number of amides is 1. The Labute approximate surface area is 92.7 Å². The van der Waals surface area contributed by atoms with Gasteiger partial charge in [0.2, 0.25) is 15.9 Å². The molecule has 0 aromatic heterocycles. The zero-order chi connectivity index (χ0) is 12.3. The second-order valence-electron chi connectivity index (χ2n) is 3.11. The standard InChI is InChI=1S/C8H12N4O3S/c9-6-3-5(16(11,14)15)1-2-7(6)12-4-8(10)13/h1-3,12H,4,9H2,(H2,10,13)(H2,11,14,15). The third-order valence-corrected chi connectivity index (χ3v) is 2.72. The summed E-state index contributed by atoms with van der Waals surface area (Å²) >= 11 is 0. The quantitative estimate of drug-likeness (QED) is 0.493. The van der Waals surface area contributed by atoms with Crippen molar-refractivity contribution in [3.63, 3.8) is 0 Å². The first-order valence-electron chi connectivity index (χ1n) is 4.25. The van der Waals surface area contributed by atoms with Gasteiger partial charge in [-0.25, -0.2) is 13.6 Å². The van der Waals surface area contributed by atoms with Crippen molar-refractivity contribution < 1.29 is 13.2 Å². The molecule has 0 unspecified atom stereocenters. The van der Waals surface area contributed by atoms with Crippen LogP contribution in [0, 0.1) is 0 Å². The van der Waals surface area contributed by atoms with Crippen molar-refractivity contribution in [1.29, 1.82) is 0 Å². The van der Waals surface area contributed by atoms with Crippen LogP contribution in [0.5, 0.6) is 0 Å². The van der Waals surface area contributed by atoms with Gasteiger partial charge in [0.05, 0.1) is 22.8 Å². The first-order valence-corrected chi connectivity index (χ1v) is 5.80. The van der Waals surface area contributed by atoms with Gasteiger partial charge in [-0.1, -0.05) is 0 Å². The average Bonchev–Trinajstić information content (AvgIpc) is 2.14. The summed E-state index contributed by atoms with van der Waals surface area (Å²) in [6.45, 7) is -0.0844. The highest BCUT2D eigenvalue weighted by Crippen LogP contribution is 2.21. The number of carbonyl (C=O) groups is 1. The third-order valence-electron chi connectivity index (χ3n) is 1.80. The van der Waals surface area contributed by atoms with E-state index in [2.05, 4.69) is 5.32 Å². The fourth-order valence-electron chi connectivity index (χ4n) is 1.06. The minimum atomic E-state index is -3.77. The topological polar surface area (TPSA) is 141 Å². The zero-order valence-corrected chi connectivity index (χ0v) is 9.12. The number of carbonyl (C=O) groups excluding carboxylic acids is 1. The smallest absolute Gasteiger partial charge is 0.238 e. The number of benzene rings is 1. The molecule has 8 heteroatoms. The summed E-state index contributed by atoms with van der Waals surface area (Å²) in [5.41, 5.74) is 11.1. The molecule has 0 saturated heterocycles. The van der Waals surface area contributed by atoms with Gasteiger partial charge in [0.1, 0.15) is 0 Å². The number of hydrogen-bond acceptors (Lipinski definition) is 5. The lowest BCUT2D eigenvalue weighted by Crippen LogP contribution is -2.22. The van der Waals surface area contributed by atoms with Crippen molar-refractivity contribution in [2.45, 2.75) is 4.90 Å². The molecule has 7 nitrogen and oxygen atoms in total. The monoisotopic (exact) mass is 244 g/mol. The second kappa shape index (κ2) is 4.37. The molecule has 88 valence electrons. The van der Waals surface area contributed by atoms with E-state index in [0.29, 0.717) is 5.69 Å². The van der Waals surface area contributed by atoms with Gasteiger partial charge in [0.15, 0.2) is 0 Å². The van der Waals surface area contributed by atoms with Crippen molar-refractivity contribution in [2.24, 2.45) is 10.9 Å². The number of hydrogen-bond donors (Lipinski definition) is 4. The molecule has 0 spiro atoms. The lowest BCUT2D eigenvalue weighted by atomic mass is 10.2. The van der Waals surface area contributed by atoms with Crippen molar-refractivity contribution in [1.82, 2.24) is 0 Å². The fourth-order valence-corrected chi connectivity index (χ4v) is 1.61. The van der Waals surface area contributed by atoms with Crippen molar-refractivity contribution >= 4 is 27.3 Å². The maximum Gasteiger partial charge on any atom is 0.238 e. The van der Waals surface area contributed by atoms with Crippen LogP contribution in [-0.2, 0) is 14.8 Å². The first kappa shape index (κ1) is 12.3. The summed E-state index contributed by atoms with van der Waals surface area (Å²) in [4.78, 5) is 10.4. The first-order chi connectivity index (χ1) is 7.30. The van der Waals surface area contributed by atoms with Crippen LogP contribution in [0.2, 0.25) is 0 Å². The molecule has 0 atom stereocenters. The van der Waals surface area contributed by atoms with E-state index in [4.69, 9.17) is 16.6 Å². The van der Waals surface area contributed by atoms with Gasteiger partial charge in [0.25, 0.3) is 0 Å². The fraction of sp³-hybridized carbons (Fsp3) is 0.125. The van der Waals surface area contributed by atoms with Gasteiger partial charge in [-0.15, -0.1) is 0 Å². The molecule has 0 aliphatic carbocycles. The molecular weight excluding hydrogens is 232 g/mol. The maximum atomic E-state index is 11.0. The Hall–Kier alpha value is -1.80. The van der Waals surface area contributed by atoms with E-state index in [9.17, 15) is 13.2 Å². The predicted octanol–water partition coefficient (Wildman–Crippen LogP) is -1.19. The van der Waals surface area contributed by atoms with Crippen LogP contribution >= 0.6 is 0 Å². The number of nitrogen functional groups attached to an aromatic ring is 1. The van der Waals surface area contributed by atoms with E-state index in [1.54, 1.807) is 0 Å². The third kappa shape index (κ3) is 3.11. The van der Waals surface area contributed by atoms with Gasteiger partial charge in [-0.05, 0) is 18.2 Å². The second-order valence-corrected chi connectivity index (χ2v) is 4.68. The average molecular weight is 244 g/mol. The molecular formula is C8H12N4O3S. The van der Waals surface area contributed by atoms with E-state index < -0.39 is 15.9 Å². The van der Waals surface area contributed by atoms with Gasteiger partial charge < -0.3 is 16.8 Å². The highest BCUT2D eigenvalue weighted by atomic mass is 32.2. The van der Waals surface area contributed by atoms with Gasteiger partial charge in [-0.2, -0.15) is 0 Å². The Morgan fingerprint density at radius 1 is 1.38 bits per heavy atom. The molecule has 1 aromatic rings. The number of anilines is 2. The number of primary sulfonamides is 1. The van der Waals surface area contributed by atoms with Crippen molar-refractivity contribution in [3.05, 3.63) is 18.2 Å². The molecule has 1 aromatic carbocycles.